The highest BCUT2D eigenvalue weighted by atomic mass is 32.1. The second-order valence-corrected chi connectivity index (χ2v) is 11.6. The van der Waals surface area contributed by atoms with E-state index in [9.17, 15) is 19.5 Å². The van der Waals surface area contributed by atoms with Crippen molar-refractivity contribution in [3.05, 3.63) is 38.3 Å². The molecule has 0 spiro atoms. The maximum Gasteiger partial charge on any atom is 0.348 e. The largest absolute Gasteiger partial charge is 0.477 e. The normalized spacial score (nSPS) is 18.6. The van der Waals surface area contributed by atoms with Gasteiger partial charge in [-0.25, -0.2) is 9.89 Å². The van der Waals surface area contributed by atoms with E-state index in [0.29, 0.717) is 22.9 Å². The van der Waals surface area contributed by atoms with Crippen molar-refractivity contribution in [2.45, 2.75) is 72.8 Å². The molecule has 36 heavy (non-hydrogen) atoms. The minimum atomic E-state index is -1.07. The molecule has 194 valence electrons. The number of nitrogens with zero attached hydrogens (tertiary/aromatic N) is 2. The molecule has 1 unspecified atom stereocenters. The number of H-pyrrole nitrogens is 1. The molecule has 1 fully saturated rings. The Morgan fingerprint density at radius 3 is 2.56 bits per heavy atom. The quantitative estimate of drug-likeness (QED) is 0.483. The van der Waals surface area contributed by atoms with Crippen molar-refractivity contribution < 1.29 is 19.4 Å². The van der Waals surface area contributed by atoms with Crippen molar-refractivity contribution in [2.24, 2.45) is 17.3 Å². The molecule has 1 atom stereocenters. The SMILES string of the molecule is CC1CCC(C(=O)N(c2cc(C#CC(C)(C)C)sc2C(=O)O)C(C)CCOc2ccc(=O)[nH]n2)CC1. The molecule has 1 saturated carbocycles. The van der Waals surface area contributed by atoms with Crippen molar-refractivity contribution in [2.75, 3.05) is 11.5 Å². The summed E-state index contributed by atoms with van der Waals surface area (Å²) in [5.41, 5.74) is -0.162. The Hall–Kier alpha value is -3.12. The summed E-state index contributed by atoms with van der Waals surface area (Å²) in [5, 5.41) is 16.1. The van der Waals surface area contributed by atoms with Gasteiger partial charge >= 0.3 is 5.97 Å². The van der Waals surface area contributed by atoms with Crippen molar-refractivity contribution in [3.63, 3.8) is 0 Å². The Morgan fingerprint density at radius 2 is 1.97 bits per heavy atom. The van der Waals surface area contributed by atoms with Gasteiger partial charge in [-0.2, -0.15) is 0 Å². The summed E-state index contributed by atoms with van der Waals surface area (Å²) in [6.07, 6.45) is 4.01. The van der Waals surface area contributed by atoms with Crippen LogP contribution in [-0.4, -0.2) is 39.8 Å². The molecule has 2 N–H and O–H groups in total. The summed E-state index contributed by atoms with van der Waals surface area (Å²) in [7, 11) is 0. The fraction of sp³-hybridized carbons (Fsp3) is 0.556. The van der Waals surface area contributed by atoms with E-state index >= 15 is 0 Å². The molecule has 0 aromatic carbocycles. The third-order valence-electron chi connectivity index (χ3n) is 6.21. The van der Waals surface area contributed by atoms with E-state index in [-0.39, 0.29) is 46.2 Å². The molecule has 0 radical (unpaired) electrons. The fourth-order valence-electron chi connectivity index (χ4n) is 4.18. The van der Waals surface area contributed by atoms with Crippen LogP contribution in [0.5, 0.6) is 5.88 Å². The lowest BCUT2D eigenvalue weighted by Gasteiger charge is -2.34. The third kappa shape index (κ3) is 7.44. The first kappa shape index (κ1) is 27.5. The van der Waals surface area contributed by atoms with Gasteiger partial charge in [0.05, 0.1) is 17.2 Å². The van der Waals surface area contributed by atoms with E-state index in [0.717, 1.165) is 37.0 Å². The van der Waals surface area contributed by atoms with Crippen LogP contribution in [0.3, 0.4) is 0 Å². The van der Waals surface area contributed by atoms with E-state index < -0.39 is 5.97 Å². The zero-order valence-corrected chi connectivity index (χ0v) is 22.4. The van der Waals surface area contributed by atoms with E-state index in [2.05, 4.69) is 29.0 Å². The minimum Gasteiger partial charge on any atom is -0.477 e. The topological polar surface area (TPSA) is 113 Å². The average Bonchev–Trinajstić information content (AvgIpc) is 3.23. The summed E-state index contributed by atoms with van der Waals surface area (Å²) in [4.78, 5) is 39.6. The number of ether oxygens (including phenoxy) is 1. The Morgan fingerprint density at radius 1 is 1.28 bits per heavy atom. The molecule has 0 aliphatic heterocycles. The number of aromatic amines is 1. The number of amides is 1. The molecule has 1 aliphatic rings. The Balaban J connectivity index is 1.90. The molecular formula is C27H35N3O5S. The average molecular weight is 514 g/mol. The van der Waals surface area contributed by atoms with Gasteiger partial charge in [-0.1, -0.05) is 18.8 Å². The van der Waals surface area contributed by atoms with E-state index in [1.807, 2.05) is 27.7 Å². The van der Waals surface area contributed by atoms with Crippen molar-refractivity contribution in [1.82, 2.24) is 10.2 Å². The maximum absolute atomic E-state index is 13.8. The molecule has 1 amide bonds. The molecule has 0 saturated heterocycles. The van der Waals surface area contributed by atoms with E-state index in [1.165, 1.54) is 12.1 Å². The number of carbonyl (C=O) groups excluding carboxylic acids is 1. The summed E-state index contributed by atoms with van der Waals surface area (Å²) in [6, 6.07) is 4.22. The molecule has 2 heterocycles. The lowest BCUT2D eigenvalue weighted by Crippen LogP contribution is -2.44. The van der Waals surface area contributed by atoms with E-state index in [1.54, 1.807) is 11.0 Å². The zero-order valence-electron chi connectivity index (χ0n) is 21.6. The first-order chi connectivity index (χ1) is 16.9. The zero-order chi connectivity index (χ0) is 26.5. The monoisotopic (exact) mass is 513 g/mol. The van der Waals surface area contributed by atoms with Gasteiger partial charge in [0.2, 0.25) is 11.8 Å². The number of thiophene rings is 1. The van der Waals surface area contributed by atoms with Gasteiger partial charge < -0.3 is 14.7 Å². The van der Waals surface area contributed by atoms with Crippen molar-refractivity contribution in [3.8, 4) is 17.7 Å². The maximum atomic E-state index is 13.8. The van der Waals surface area contributed by atoms with Gasteiger partial charge in [0.1, 0.15) is 4.88 Å². The van der Waals surface area contributed by atoms with Gasteiger partial charge in [0.15, 0.2) is 0 Å². The molecule has 9 heteroatoms. The van der Waals surface area contributed by atoms with Crippen LogP contribution in [0.1, 0.15) is 81.3 Å². The number of rotatable bonds is 8. The highest BCUT2D eigenvalue weighted by Gasteiger charge is 2.34. The first-order valence-corrected chi connectivity index (χ1v) is 13.2. The van der Waals surface area contributed by atoms with Gasteiger partial charge in [-0.15, -0.1) is 16.4 Å². The summed E-state index contributed by atoms with van der Waals surface area (Å²) >= 11 is 1.10. The van der Waals surface area contributed by atoms with Crippen LogP contribution in [-0.2, 0) is 4.79 Å². The summed E-state index contributed by atoms with van der Waals surface area (Å²) in [5.74, 6) is 5.85. The van der Waals surface area contributed by atoms with Crippen molar-refractivity contribution in [1.29, 1.82) is 0 Å². The first-order valence-electron chi connectivity index (χ1n) is 12.4. The number of carboxylic acid groups (broad SMARTS) is 1. The van der Waals surface area contributed by atoms with Gasteiger partial charge in [0, 0.05) is 35.9 Å². The number of carboxylic acids is 1. The fourth-order valence-corrected chi connectivity index (χ4v) is 5.02. The van der Waals surface area contributed by atoms with Crippen LogP contribution >= 0.6 is 11.3 Å². The lowest BCUT2D eigenvalue weighted by molar-refractivity contribution is -0.124. The highest BCUT2D eigenvalue weighted by Crippen LogP contribution is 2.36. The number of carbonyl (C=O) groups is 2. The molecule has 3 rings (SSSR count). The number of hydrogen-bond acceptors (Lipinski definition) is 6. The predicted octanol–water partition coefficient (Wildman–Crippen LogP) is 4.94. The number of aromatic carboxylic acids is 1. The van der Waals surface area contributed by atoms with Gasteiger partial charge in [0.25, 0.3) is 5.56 Å². The number of aromatic nitrogens is 2. The molecule has 2 aromatic heterocycles. The van der Waals surface area contributed by atoms with Crippen LogP contribution in [0, 0.1) is 29.1 Å². The minimum absolute atomic E-state index is 0.0489. The smallest absolute Gasteiger partial charge is 0.348 e. The third-order valence-corrected chi connectivity index (χ3v) is 7.24. The molecule has 8 nitrogen and oxygen atoms in total. The summed E-state index contributed by atoms with van der Waals surface area (Å²) in [6.45, 7) is 10.3. The number of anilines is 1. The van der Waals surface area contributed by atoms with Crippen LogP contribution in [0.2, 0.25) is 0 Å². The van der Waals surface area contributed by atoms with E-state index in [4.69, 9.17) is 4.74 Å². The number of nitrogens with one attached hydrogen (secondary N) is 1. The molecular weight excluding hydrogens is 478 g/mol. The molecule has 0 bridgehead atoms. The van der Waals surface area contributed by atoms with Crippen LogP contribution in [0.4, 0.5) is 5.69 Å². The summed E-state index contributed by atoms with van der Waals surface area (Å²) < 4.78 is 5.66. The lowest BCUT2D eigenvalue weighted by atomic mass is 9.82. The van der Waals surface area contributed by atoms with Crippen LogP contribution in [0.25, 0.3) is 0 Å². The van der Waals surface area contributed by atoms with Crippen LogP contribution < -0.4 is 15.2 Å². The van der Waals surface area contributed by atoms with Crippen LogP contribution in [0.15, 0.2) is 23.0 Å². The second kappa shape index (κ2) is 11.7. The Labute approximate surface area is 216 Å². The molecule has 2 aromatic rings. The second-order valence-electron chi connectivity index (χ2n) is 10.5. The Kier molecular flexibility index (Phi) is 8.96. The highest BCUT2D eigenvalue weighted by molar-refractivity contribution is 7.15. The van der Waals surface area contributed by atoms with Crippen molar-refractivity contribution >= 4 is 28.9 Å². The van der Waals surface area contributed by atoms with Gasteiger partial charge in [-0.3, -0.25) is 9.59 Å². The Bertz CT molecular complexity index is 1170. The molecule has 1 aliphatic carbocycles. The predicted molar refractivity (Wildman–Crippen MR) is 141 cm³/mol. The number of hydrogen-bond donors (Lipinski definition) is 2. The standard InChI is InChI=1S/C27H35N3O5S/c1-17-6-8-19(9-7-17)25(32)30(18(2)13-15-35-23-11-10-22(31)28-29-23)21-16-20(12-14-27(3,4)5)36-24(21)26(33)34/h10-11,16-19H,6-9,13,15H2,1-5H3,(H,28,31)(H,33,34). The van der Waals surface area contributed by atoms with Gasteiger partial charge in [-0.05, 0) is 65.4 Å².